The number of nitrogens with one attached hydrogen (secondary N) is 4. The molecule has 5 rings (SSSR count). The lowest BCUT2D eigenvalue weighted by molar-refractivity contribution is -0.373. The highest BCUT2D eigenvalue weighted by molar-refractivity contribution is 5.74. The summed E-state index contributed by atoms with van der Waals surface area (Å²) in [5, 5.41) is 149. The number of hydrogen-bond acceptors (Lipinski definition) is 26. The minimum atomic E-state index is -2.12. The molecule has 4 amide bonds. The lowest BCUT2D eigenvalue weighted by Crippen LogP contribution is -2.71. The highest BCUT2D eigenvalue weighted by Crippen LogP contribution is 2.35. The summed E-state index contributed by atoms with van der Waals surface area (Å²) in [6.07, 6.45) is -37.2. The third-order valence-electron chi connectivity index (χ3n) is 11.9. The molecule has 0 bridgehead atoms. The summed E-state index contributed by atoms with van der Waals surface area (Å²) in [5.74, 6) is -2.93. The average molecular weight is 993 g/mol. The van der Waals surface area contributed by atoms with Crippen LogP contribution in [0.3, 0.4) is 0 Å². The largest absolute Gasteiger partial charge is 0.394 e. The van der Waals surface area contributed by atoms with Crippen molar-refractivity contribution in [2.24, 2.45) is 0 Å². The zero-order valence-electron chi connectivity index (χ0n) is 37.1. The first-order chi connectivity index (χ1) is 32.1. The Morgan fingerprint density at radius 2 is 0.765 bits per heavy atom. The molecule has 0 aromatic rings. The van der Waals surface area contributed by atoms with Crippen molar-refractivity contribution in [2.75, 3.05) is 33.0 Å². The van der Waals surface area contributed by atoms with Gasteiger partial charge < -0.3 is 130 Å². The Hall–Kier alpha value is -3.00. The van der Waals surface area contributed by atoms with Crippen molar-refractivity contribution in [1.29, 1.82) is 0 Å². The third kappa shape index (κ3) is 12.7. The smallest absolute Gasteiger partial charge is 0.217 e. The first-order valence-electron chi connectivity index (χ1n) is 21.6. The van der Waals surface area contributed by atoms with Crippen LogP contribution in [0.25, 0.3) is 0 Å². The van der Waals surface area contributed by atoms with Gasteiger partial charge in [-0.1, -0.05) is 0 Å². The van der Waals surface area contributed by atoms with E-state index in [2.05, 4.69) is 21.3 Å². The molecule has 5 heterocycles. The van der Waals surface area contributed by atoms with E-state index in [1.165, 1.54) is 0 Å². The second kappa shape index (κ2) is 24.4. The van der Waals surface area contributed by atoms with E-state index in [9.17, 15) is 85.6 Å². The summed E-state index contributed by atoms with van der Waals surface area (Å²) < 4.78 is 51.9. The van der Waals surface area contributed by atoms with Crippen molar-refractivity contribution in [3.63, 3.8) is 0 Å². The van der Waals surface area contributed by atoms with E-state index < -0.39 is 210 Å². The van der Waals surface area contributed by atoms with Crippen LogP contribution >= 0.6 is 0 Å². The monoisotopic (exact) mass is 992 g/mol. The molecule has 0 aromatic heterocycles. The highest BCUT2D eigenvalue weighted by Gasteiger charge is 2.56. The van der Waals surface area contributed by atoms with Crippen molar-refractivity contribution in [3.8, 4) is 0 Å². The van der Waals surface area contributed by atoms with Gasteiger partial charge in [0.05, 0.1) is 33.0 Å². The second-order valence-electron chi connectivity index (χ2n) is 16.9. The number of rotatable bonds is 17. The van der Waals surface area contributed by atoms with Crippen LogP contribution in [0.4, 0.5) is 0 Å². The molecule has 30 heteroatoms. The van der Waals surface area contributed by atoms with Crippen LogP contribution in [-0.2, 0) is 61.8 Å². The van der Waals surface area contributed by atoms with Gasteiger partial charge >= 0.3 is 0 Å². The Balaban J connectivity index is 1.34. The summed E-state index contributed by atoms with van der Waals surface area (Å²) in [6.45, 7) is -0.106. The first kappa shape index (κ1) is 55.9. The molecule has 0 saturated carbocycles. The summed E-state index contributed by atoms with van der Waals surface area (Å²) in [5.41, 5.74) is 0. The fourth-order valence-electron chi connectivity index (χ4n) is 8.55. The molecule has 0 aliphatic carbocycles. The molecular formula is C38H64N4O26. The van der Waals surface area contributed by atoms with Gasteiger partial charge in [0.1, 0.15) is 122 Å². The maximum atomic E-state index is 12.6. The summed E-state index contributed by atoms with van der Waals surface area (Å²) >= 11 is 0. The fraction of sp³-hybridized carbons (Fsp3) is 0.895. The van der Waals surface area contributed by atoms with Gasteiger partial charge in [0.2, 0.25) is 23.6 Å². The summed E-state index contributed by atoms with van der Waals surface area (Å²) in [7, 11) is 0. The minimum absolute atomic E-state index is 0.653. The molecule has 5 fully saturated rings. The predicted molar refractivity (Wildman–Crippen MR) is 213 cm³/mol. The molecule has 5 aliphatic heterocycles. The van der Waals surface area contributed by atoms with Gasteiger partial charge in [0.25, 0.3) is 0 Å². The Kier molecular flexibility index (Phi) is 20.1. The molecule has 25 atom stereocenters. The van der Waals surface area contributed by atoms with Gasteiger partial charge in [-0.3, -0.25) is 19.2 Å². The molecule has 0 radical (unpaired) electrons. The maximum Gasteiger partial charge on any atom is 0.217 e. The van der Waals surface area contributed by atoms with Gasteiger partial charge in [0.15, 0.2) is 31.5 Å². The topological polar surface area (TPSA) is 462 Å². The van der Waals surface area contributed by atoms with Crippen LogP contribution in [-0.4, -0.2) is 276 Å². The number of aliphatic hydroxyl groups excluding tert-OH is 13. The predicted octanol–water partition coefficient (Wildman–Crippen LogP) is -11.3. The first-order valence-corrected chi connectivity index (χ1v) is 21.6. The minimum Gasteiger partial charge on any atom is -0.394 e. The van der Waals surface area contributed by atoms with Crippen LogP contribution in [0.5, 0.6) is 0 Å². The number of ether oxygens (including phenoxy) is 9. The van der Waals surface area contributed by atoms with Crippen molar-refractivity contribution in [1.82, 2.24) is 21.3 Å². The van der Waals surface area contributed by atoms with E-state index in [-0.39, 0.29) is 0 Å². The van der Waals surface area contributed by atoms with Gasteiger partial charge in [-0.2, -0.15) is 0 Å². The average Bonchev–Trinajstić information content (AvgIpc) is 3.28. The van der Waals surface area contributed by atoms with Crippen molar-refractivity contribution in [2.45, 2.75) is 181 Å². The Morgan fingerprint density at radius 1 is 0.382 bits per heavy atom. The molecule has 17 N–H and O–H groups in total. The van der Waals surface area contributed by atoms with E-state index in [1.54, 1.807) is 0 Å². The van der Waals surface area contributed by atoms with Gasteiger partial charge in [-0.15, -0.1) is 0 Å². The second-order valence-corrected chi connectivity index (χ2v) is 16.9. The Morgan fingerprint density at radius 3 is 1.29 bits per heavy atom. The number of carbonyl (C=O) groups is 4. The Bertz CT molecular complexity index is 1670. The summed E-state index contributed by atoms with van der Waals surface area (Å²) in [4.78, 5) is 48.6. The number of hydrogen-bond donors (Lipinski definition) is 17. The lowest BCUT2D eigenvalue weighted by Gasteiger charge is -2.50. The standard InChI is InChI=1S/C38H64N4O26/c1-10(47)39-19-26(54)24(52)18(61-34(19)59)9-60-35-22(42-13(4)50)33(25(53)15(6-44)62-35)68-37-21(41-12(3)49)28(56)31(16(7-45)64-37)67-38-30(58)29(57)32(17(8-46)65-38)66-36-20(40-11(2)48)27(55)23(51)14(5-43)63-36/h14-38,43-46,51-59H,5-9H2,1-4H3,(H,39,47)(H,40,48)(H,41,49)(H,42,50)/t14-,15-,16-,17-,18-,19-,20-,21-,22-,23-,24+,25-,26-,27-,28-,29-,30-,31-,32+,33-,34?,35-,36-,37+,38+/m1/s1. The zero-order valence-corrected chi connectivity index (χ0v) is 37.1. The molecule has 5 aliphatic rings. The molecule has 5 saturated heterocycles. The maximum absolute atomic E-state index is 12.6. The molecule has 68 heavy (non-hydrogen) atoms. The normalized spacial score (nSPS) is 45.5. The van der Waals surface area contributed by atoms with E-state index >= 15 is 0 Å². The van der Waals surface area contributed by atoms with E-state index in [0.717, 1.165) is 27.7 Å². The molecule has 0 aromatic carbocycles. The lowest BCUT2D eigenvalue weighted by atomic mass is 9.93. The van der Waals surface area contributed by atoms with Gasteiger partial charge in [-0.05, 0) is 0 Å². The quantitative estimate of drug-likeness (QED) is 0.0643. The molecule has 1 unspecified atom stereocenters. The van der Waals surface area contributed by atoms with E-state index in [0.29, 0.717) is 0 Å². The van der Waals surface area contributed by atoms with Gasteiger partial charge in [0, 0.05) is 27.7 Å². The highest BCUT2D eigenvalue weighted by atomic mass is 16.8. The van der Waals surface area contributed by atoms with Crippen LogP contribution in [0, 0.1) is 0 Å². The van der Waals surface area contributed by atoms with E-state index in [1.807, 2.05) is 0 Å². The fourth-order valence-corrected chi connectivity index (χ4v) is 8.55. The van der Waals surface area contributed by atoms with Gasteiger partial charge in [-0.25, -0.2) is 0 Å². The summed E-state index contributed by atoms with van der Waals surface area (Å²) in [6, 6.07) is -6.22. The SMILES string of the molecule is CC(=O)N[C@H]1[C@H](O[C@H]2[C@H](O)[C@@H](CO)O[C@@H](OC[C@H]3OC(O)[C@H](NC(C)=O)[C@@H](O)[C@H]3O)[C@@H]2NC(C)=O)O[C@H](CO)[C@@H](O[C@@H]2O[C@H](CO)[C@H](O[C@H]3O[C@H](CO)[C@@H](O)[C@H](O)[C@H]3NC(C)=O)[C@H](O)[C@H]2O)[C@@H]1O. The molecular weight excluding hydrogens is 928 g/mol. The number of amides is 4. The van der Waals surface area contributed by atoms with Crippen molar-refractivity contribution < 1.29 is 128 Å². The van der Waals surface area contributed by atoms with Crippen molar-refractivity contribution in [3.05, 3.63) is 0 Å². The van der Waals surface area contributed by atoms with Crippen LogP contribution in [0.15, 0.2) is 0 Å². The van der Waals surface area contributed by atoms with E-state index in [4.69, 9.17) is 42.6 Å². The van der Waals surface area contributed by atoms with Crippen LogP contribution < -0.4 is 21.3 Å². The molecule has 392 valence electrons. The Labute approximate surface area is 386 Å². The van der Waals surface area contributed by atoms with Crippen LogP contribution in [0.1, 0.15) is 27.7 Å². The number of carbonyl (C=O) groups excluding carboxylic acids is 4. The zero-order chi connectivity index (χ0) is 50.5. The number of aliphatic hydroxyl groups is 13. The molecule has 30 nitrogen and oxygen atoms in total. The molecule has 0 spiro atoms. The van der Waals surface area contributed by atoms with Crippen LogP contribution in [0.2, 0.25) is 0 Å². The van der Waals surface area contributed by atoms with Crippen molar-refractivity contribution >= 4 is 23.6 Å². The third-order valence-corrected chi connectivity index (χ3v) is 11.9.